The zero-order valence-corrected chi connectivity index (χ0v) is 13.2. The van der Waals surface area contributed by atoms with Gasteiger partial charge in [0.1, 0.15) is 12.9 Å². The first-order chi connectivity index (χ1) is 9.74. The predicted octanol–water partition coefficient (Wildman–Crippen LogP) is 3.48. The van der Waals surface area contributed by atoms with Crippen molar-refractivity contribution in [2.45, 2.75) is 13.5 Å². The monoisotopic (exact) mass is 383 g/mol. The molecule has 0 atom stereocenters. The van der Waals surface area contributed by atoms with E-state index >= 15 is 0 Å². The average Bonchev–Trinajstić information content (AvgIpc) is 2.47. The van der Waals surface area contributed by atoms with Gasteiger partial charge in [0.15, 0.2) is 11.5 Å². The Hall–Kier alpha value is -1.63. The first kappa shape index (κ1) is 14.8. The van der Waals surface area contributed by atoms with Crippen molar-refractivity contribution in [3.63, 3.8) is 0 Å². The Bertz CT molecular complexity index is 587. The number of ether oxygens (including phenoxy) is 2. The summed E-state index contributed by atoms with van der Waals surface area (Å²) in [5.41, 5.74) is 1.55. The average molecular weight is 383 g/mol. The van der Waals surface area contributed by atoms with Gasteiger partial charge in [0.2, 0.25) is 0 Å². The van der Waals surface area contributed by atoms with Gasteiger partial charge in [0.05, 0.1) is 10.2 Å². The van der Waals surface area contributed by atoms with Gasteiger partial charge >= 0.3 is 0 Å². The third-order valence-electron chi connectivity index (χ3n) is 2.57. The highest BCUT2D eigenvalue weighted by Crippen LogP contribution is 2.34. The maximum atomic E-state index is 10.9. The Morgan fingerprint density at radius 3 is 2.85 bits per heavy atom. The number of benzene rings is 1. The Morgan fingerprint density at radius 1 is 1.35 bits per heavy atom. The van der Waals surface area contributed by atoms with E-state index in [1.54, 1.807) is 24.5 Å². The molecule has 0 saturated heterocycles. The molecular formula is C15H14INO3. The van der Waals surface area contributed by atoms with Gasteiger partial charge < -0.3 is 9.47 Å². The van der Waals surface area contributed by atoms with Crippen LogP contribution in [-0.4, -0.2) is 17.9 Å². The lowest BCUT2D eigenvalue weighted by Gasteiger charge is -2.14. The molecule has 0 unspecified atom stereocenters. The lowest BCUT2D eigenvalue weighted by Crippen LogP contribution is -2.02. The number of hydrogen-bond donors (Lipinski definition) is 0. The number of halogens is 1. The van der Waals surface area contributed by atoms with Gasteiger partial charge in [-0.15, -0.1) is 0 Å². The summed E-state index contributed by atoms with van der Waals surface area (Å²) in [5, 5.41) is 0. The van der Waals surface area contributed by atoms with Gasteiger partial charge in [-0.25, -0.2) is 0 Å². The van der Waals surface area contributed by atoms with Crippen LogP contribution < -0.4 is 9.47 Å². The molecule has 0 saturated carbocycles. The third kappa shape index (κ3) is 3.69. The third-order valence-corrected chi connectivity index (χ3v) is 3.38. The molecule has 1 aromatic carbocycles. The molecule has 1 heterocycles. The van der Waals surface area contributed by atoms with Crippen LogP contribution in [0.1, 0.15) is 22.8 Å². The largest absolute Gasteiger partial charge is 0.490 e. The zero-order valence-electron chi connectivity index (χ0n) is 11.0. The van der Waals surface area contributed by atoms with E-state index in [4.69, 9.17) is 9.47 Å². The highest BCUT2D eigenvalue weighted by Gasteiger charge is 2.12. The topological polar surface area (TPSA) is 48.4 Å². The summed E-state index contributed by atoms with van der Waals surface area (Å²) in [6, 6.07) is 7.27. The number of pyridine rings is 1. The van der Waals surface area contributed by atoms with Gasteiger partial charge in [-0.2, -0.15) is 0 Å². The first-order valence-electron chi connectivity index (χ1n) is 6.17. The quantitative estimate of drug-likeness (QED) is 0.566. The van der Waals surface area contributed by atoms with Crippen molar-refractivity contribution in [3.05, 3.63) is 51.4 Å². The summed E-state index contributed by atoms with van der Waals surface area (Å²) in [4.78, 5) is 14.9. The number of carbonyl (C=O) groups is 1. The van der Waals surface area contributed by atoms with Crippen molar-refractivity contribution < 1.29 is 14.3 Å². The zero-order chi connectivity index (χ0) is 14.4. The van der Waals surface area contributed by atoms with Crippen LogP contribution in [-0.2, 0) is 6.61 Å². The first-order valence-corrected chi connectivity index (χ1v) is 7.25. The number of aromatic nitrogens is 1. The van der Waals surface area contributed by atoms with Crippen LogP contribution >= 0.6 is 22.6 Å². The normalized spacial score (nSPS) is 10.1. The Labute approximate surface area is 131 Å². The predicted molar refractivity (Wildman–Crippen MR) is 84.3 cm³/mol. The fraction of sp³-hybridized carbons (Fsp3) is 0.200. The molecule has 2 aromatic rings. The summed E-state index contributed by atoms with van der Waals surface area (Å²) in [6.07, 6.45) is 4.28. The molecule has 5 heteroatoms. The molecule has 0 aliphatic carbocycles. The fourth-order valence-corrected chi connectivity index (χ4v) is 2.48. The molecule has 0 aliphatic rings. The summed E-state index contributed by atoms with van der Waals surface area (Å²) < 4.78 is 12.2. The summed E-state index contributed by atoms with van der Waals surface area (Å²) in [5.74, 6) is 1.24. The Kier molecular flexibility index (Phi) is 5.34. The number of nitrogens with zero attached hydrogens (tertiary/aromatic N) is 1. The van der Waals surface area contributed by atoms with Crippen LogP contribution in [0, 0.1) is 3.57 Å². The fourth-order valence-electron chi connectivity index (χ4n) is 1.70. The Balaban J connectivity index is 2.23. The van der Waals surface area contributed by atoms with E-state index in [9.17, 15) is 4.79 Å². The lowest BCUT2D eigenvalue weighted by atomic mass is 10.2. The van der Waals surface area contributed by atoms with Crippen molar-refractivity contribution in [1.29, 1.82) is 0 Å². The van der Waals surface area contributed by atoms with Crippen LogP contribution in [0.5, 0.6) is 11.5 Å². The molecule has 2 rings (SSSR count). The maximum Gasteiger partial charge on any atom is 0.175 e. The minimum Gasteiger partial charge on any atom is -0.490 e. The molecule has 104 valence electrons. The smallest absolute Gasteiger partial charge is 0.175 e. The van der Waals surface area contributed by atoms with Gasteiger partial charge in [-0.05, 0) is 47.7 Å². The van der Waals surface area contributed by atoms with E-state index in [0.717, 1.165) is 15.4 Å². The van der Waals surface area contributed by atoms with Gasteiger partial charge in [-0.3, -0.25) is 9.78 Å². The van der Waals surface area contributed by atoms with Crippen LogP contribution in [0.2, 0.25) is 0 Å². The summed E-state index contributed by atoms with van der Waals surface area (Å²) >= 11 is 2.14. The molecule has 4 nitrogen and oxygen atoms in total. The SMILES string of the molecule is CCOc1cc(C=O)cc(I)c1OCc1cccnc1. The Morgan fingerprint density at radius 2 is 2.20 bits per heavy atom. The van der Waals surface area contributed by atoms with E-state index in [-0.39, 0.29) is 0 Å². The second-order valence-corrected chi connectivity index (χ2v) is 5.19. The molecule has 0 radical (unpaired) electrons. The lowest BCUT2D eigenvalue weighted by molar-refractivity contribution is 0.112. The molecule has 0 spiro atoms. The van der Waals surface area contributed by atoms with E-state index < -0.39 is 0 Å². The van der Waals surface area contributed by atoms with Crippen LogP contribution in [0.15, 0.2) is 36.7 Å². The molecule has 0 aliphatic heterocycles. The number of rotatable bonds is 6. The van der Waals surface area contributed by atoms with Gasteiger partial charge in [-0.1, -0.05) is 6.07 Å². The highest BCUT2D eigenvalue weighted by atomic mass is 127. The highest BCUT2D eigenvalue weighted by molar-refractivity contribution is 14.1. The molecule has 0 fully saturated rings. The van der Waals surface area contributed by atoms with E-state index in [1.807, 2.05) is 19.1 Å². The minimum absolute atomic E-state index is 0.407. The van der Waals surface area contributed by atoms with E-state index in [2.05, 4.69) is 27.6 Å². The van der Waals surface area contributed by atoms with Crippen molar-refractivity contribution >= 4 is 28.9 Å². The van der Waals surface area contributed by atoms with Gasteiger partial charge in [0, 0.05) is 23.5 Å². The van der Waals surface area contributed by atoms with Crippen molar-refractivity contribution in [3.8, 4) is 11.5 Å². The van der Waals surface area contributed by atoms with Crippen molar-refractivity contribution in [1.82, 2.24) is 4.98 Å². The van der Waals surface area contributed by atoms with E-state index in [1.165, 1.54) is 0 Å². The maximum absolute atomic E-state index is 10.9. The standard InChI is InChI=1S/C15H14INO3/c1-2-19-14-7-12(9-18)6-13(16)15(14)20-10-11-4-3-5-17-8-11/h3-9H,2,10H2,1H3. The second-order valence-electron chi connectivity index (χ2n) is 4.03. The minimum atomic E-state index is 0.407. The van der Waals surface area contributed by atoms with Crippen molar-refractivity contribution in [2.75, 3.05) is 6.61 Å². The molecule has 0 amide bonds. The van der Waals surface area contributed by atoms with Crippen LogP contribution in [0.25, 0.3) is 0 Å². The number of hydrogen-bond acceptors (Lipinski definition) is 4. The summed E-state index contributed by atoms with van der Waals surface area (Å²) in [7, 11) is 0. The summed E-state index contributed by atoms with van der Waals surface area (Å²) in [6.45, 7) is 2.82. The van der Waals surface area contributed by atoms with E-state index in [0.29, 0.717) is 30.3 Å². The molecule has 0 bridgehead atoms. The van der Waals surface area contributed by atoms with Crippen LogP contribution in [0.3, 0.4) is 0 Å². The molecule has 20 heavy (non-hydrogen) atoms. The molecule has 0 N–H and O–H groups in total. The number of carbonyl (C=O) groups excluding carboxylic acids is 1. The molecular weight excluding hydrogens is 369 g/mol. The van der Waals surface area contributed by atoms with Crippen molar-refractivity contribution in [2.24, 2.45) is 0 Å². The number of aldehydes is 1. The second kappa shape index (κ2) is 7.23. The van der Waals surface area contributed by atoms with Crippen LogP contribution in [0.4, 0.5) is 0 Å². The van der Waals surface area contributed by atoms with Gasteiger partial charge in [0.25, 0.3) is 0 Å². The molecule has 1 aromatic heterocycles.